The van der Waals surface area contributed by atoms with Crippen LogP contribution in [0.25, 0.3) is 5.69 Å². The molecule has 1 heterocycles. The Morgan fingerprint density at radius 3 is 2.35 bits per heavy atom. The zero-order valence-electron chi connectivity index (χ0n) is 16.6. The fraction of sp³-hybridized carbons (Fsp3) is 0.611. The molecule has 2 radical (unpaired) electrons. The number of hydrogen-bond donors (Lipinski definition) is 0. The van der Waals surface area contributed by atoms with Gasteiger partial charge in [0, 0.05) is 13.6 Å². The maximum absolute atomic E-state index is 12.3. The van der Waals surface area contributed by atoms with Gasteiger partial charge in [-0.2, -0.15) is 9.36 Å². The quantitative estimate of drug-likeness (QED) is 0.685. The number of nitrogens with zero attached hydrogens (tertiary/aromatic N) is 5. The lowest BCUT2D eigenvalue weighted by Crippen LogP contribution is -2.29. The molecule has 0 aliphatic carbocycles. The number of aryl methyl sites for hydroxylation is 1. The van der Waals surface area contributed by atoms with E-state index in [9.17, 15) is 4.79 Å². The van der Waals surface area contributed by atoms with Crippen molar-refractivity contribution in [2.24, 2.45) is 7.05 Å². The van der Waals surface area contributed by atoms with Gasteiger partial charge in [0.05, 0.1) is 0 Å². The fourth-order valence-corrected chi connectivity index (χ4v) is 2.80. The van der Waals surface area contributed by atoms with E-state index in [0.717, 1.165) is 25.2 Å². The Morgan fingerprint density at radius 1 is 1.19 bits per heavy atom. The molecule has 0 aliphatic rings. The number of ether oxygens (including phenoxy) is 1. The second kappa shape index (κ2) is 8.08. The fourth-order valence-electron chi connectivity index (χ4n) is 2.80. The van der Waals surface area contributed by atoms with Crippen molar-refractivity contribution < 1.29 is 4.74 Å². The molecule has 2 rings (SSSR count). The Balaban J connectivity index is 2.44. The van der Waals surface area contributed by atoms with Gasteiger partial charge in [-0.25, -0.2) is 4.79 Å². The smallest absolute Gasteiger partial charge is 0.368 e. The number of hydrogen-bond acceptors (Lipinski definition) is 5. The average molecular weight is 357 g/mol. The molecule has 1 aromatic carbocycles. The molecule has 0 spiro atoms. The third-order valence-corrected chi connectivity index (χ3v) is 4.45. The molecule has 0 saturated heterocycles. The second-order valence-corrected chi connectivity index (χ2v) is 7.33. The highest BCUT2D eigenvalue weighted by molar-refractivity contribution is 6.33. The molecule has 0 fully saturated rings. The zero-order chi connectivity index (χ0) is 19.5. The Morgan fingerprint density at radius 2 is 1.85 bits per heavy atom. The average Bonchev–Trinajstić information content (AvgIpc) is 2.90. The van der Waals surface area contributed by atoms with Crippen molar-refractivity contribution in [2.45, 2.75) is 40.0 Å². The van der Waals surface area contributed by atoms with Crippen molar-refractivity contribution in [3.63, 3.8) is 0 Å². The van der Waals surface area contributed by atoms with E-state index in [4.69, 9.17) is 12.6 Å². The van der Waals surface area contributed by atoms with Gasteiger partial charge >= 0.3 is 5.69 Å². The summed E-state index contributed by atoms with van der Waals surface area (Å²) in [6, 6.07) is 3.65. The van der Waals surface area contributed by atoms with Crippen LogP contribution in [0.4, 0.5) is 0 Å². The molecule has 1 aromatic heterocycles. The number of rotatable bonds is 7. The number of likely N-dealkylation sites (N-methyl/N-ethyl adjacent to an activating group) is 1. The summed E-state index contributed by atoms with van der Waals surface area (Å²) in [5.41, 5.74) is 1.62. The van der Waals surface area contributed by atoms with Gasteiger partial charge in [-0.15, -0.1) is 0 Å². The molecule has 140 valence electrons. The number of aromatic nitrogens is 4. The lowest BCUT2D eigenvalue weighted by atomic mass is 9.77. The van der Waals surface area contributed by atoms with Gasteiger partial charge in [0.2, 0.25) is 0 Å². The molecule has 7 nitrogen and oxygen atoms in total. The van der Waals surface area contributed by atoms with Crippen LogP contribution in [-0.2, 0) is 12.5 Å². The third kappa shape index (κ3) is 4.36. The SMILES string of the molecule is [B]c1cc(OCCN(CC)CC)c(-n2nnn(C)c2=O)cc1C(C)(C)C. The summed E-state index contributed by atoms with van der Waals surface area (Å²) < 4.78 is 8.42. The summed E-state index contributed by atoms with van der Waals surface area (Å²) in [7, 11) is 7.83. The highest BCUT2D eigenvalue weighted by Gasteiger charge is 2.21. The Labute approximate surface area is 156 Å². The van der Waals surface area contributed by atoms with Crippen molar-refractivity contribution in [1.29, 1.82) is 0 Å². The van der Waals surface area contributed by atoms with E-state index in [0.29, 0.717) is 23.5 Å². The van der Waals surface area contributed by atoms with E-state index in [-0.39, 0.29) is 11.1 Å². The molecule has 8 heteroatoms. The van der Waals surface area contributed by atoms with Crippen LogP contribution < -0.4 is 15.9 Å². The zero-order valence-corrected chi connectivity index (χ0v) is 16.6. The molecular weight excluding hydrogens is 329 g/mol. The van der Waals surface area contributed by atoms with Crippen molar-refractivity contribution in [1.82, 2.24) is 24.7 Å². The van der Waals surface area contributed by atoms with Crippen molar-refractivity contribution in [2.75, 3.05) is 26.2 Å². The summed E-state index contributed by atoms with van der Waals surface area (Å²) in [5, 5.41) is 7.77. The molecule has 0 unspecified atom stereocenters. The maximum Gasteiger partial charge on any atom is 0.368 e. The largest absolute Gasteiger partial charge is 0.490 e. The summed E-state index contributed by atoms with van der Waals surface area (Å²) >= 11 is 0. The highest BCUT2D eigenvalue weighted by atomic mass is 16.5. The molecule has 0 saturated carbocycles. The van der Waals surface area contributed by atoms with Crippen LogP contribution in [0.15, 0.2) is 16.9 Å². The van der Waals surface area contributed by atoms with Gasteiger partial charge < -0.3 is 9.64 Å². The molecule has 0 aliphatic heterocycles. The minimum atomic E-state index is -0.330. The standard InChI is InChI=1S/C18H28BN5O2/c1-7-23(8-2)9-10-26-16-12-14(19)13(18(3,4)5)11-15(16)24-17(25)22(6)20-21-24/h11-12H,7-10H2,1-6H3. The minimum Gasteiger partial charge on any atom is -0.490 e. The van der Waals surface area contributed by atoms with Crippen LogP contribution >= 0.6 is 0 Å². The molecule has 0 bridgehead atoms. The van der Waals surface area contributed by atoms with Crippen LogP contribution in [0, 0.1) is 0 Å². The first-order valence-corrected chi connectivity index (χ1v) is 8.97. The van der Waals surface area contributed by atoms with Gasteiger partial charge in [0.1, 0.15) is 25.9 Å². The van der Waals surface area contributed by atoms with Gasteiger partial charge in [-0.1, -0.05) is 40.1 Å². The Bertz CT molecular complexity index is 803. The monoisotopic (exact) mass is 357 g/mol. The lowest BCUT2D eigenvalue weighted by molar-refractivity contribution is 0.222. The predicted molar refractivity (Wildman–Crippen MR) is 104 cm³/mol. The third-order valence-electron chi connectivity index (χ3n) is 4.45. The summed E-state index contributed by atoms with van der Waals surface area (Å²) in [6.45, 7) is 13.7. The predicted octanol–water partition coefficient (Wildman–Crippen LogP) is 0.778. The first-order valence-electron chi connectivity index (χ1n) is 8.97. The molecule has 0 amide bonds. The van der Waals surface area contributed by atoms with E-state index in [1.165, 1.54) is 9.36 Å². The van der Waals surface area contributed by atoms with Crippen molar-refractivity contribution >= 4 is 13.3 Å². The second-order valence-electron chi connectivity index (χ2n) is 7.33. The van der Waals surface area contributed by atoms with Crippen LogP contribution in [0.5, 0.6) is 5.75 Å². The molecule has 26 heavy (non-hydrogen) atoms. The van der Waals surface area contributed by atoms with Crippen LogP contribution in [0.2, 0.25) is 0 Å². The van der Waals surface area contributed by atoms with E-state index in [1.807, 2.05) is 6.07 Å². The number of benzene rings is 1. The van der Waals surface area contributed by atoms with E-state index < -0.39 is 0 Å². The summed E-state index contributed by atoms with van der Waals surface area (Å²) in [5.74, 6) is 0.533. The van der Waals surface area contributed by atoms with Gasteiger partial charge in [0.25, 0.3) is 0 Å². The normalized spacial score (nSPS) is 12.0. The van der Waals surface area contributed by atoms with Crippen LogP contribution in [0.1, 0.15) is 40.2 Å². The van der Waals surface area contributed by atoms with Gasteiger partial charge in [-0.05, 0) is 46.6 Å². The Kier molecular flexibility index (Phi) is 6.28. The molecular formula is C18H28BN5O2. The first kappa shape index (κ1) is 20.2. The van der Waals surface area contributed by atoms with Crippen LogP contribution in [-0.4, -0.2) is 58.8 Å². The summed E-state index contributed by atoms with van der Waals surface area (Å²) in [6.07, 6.45) is 0. The molecule has 0 N–H and O–H groups in total. The Hall–Kier alpha value is -2.09. The van der Waals surface area contributed by atoms with Crippen molar-refractivity contribution in [3.8, 4) is 11.4 Å². The highest BCUT2D eigenvalue weighted by Crippen LogP contribution is 2.28. The minimum absolute atomic E-state index is 0.176. The molecule has 2 aromatic rings. The van der Waals surface area contributed by atoms with E-state index >= 15 is 0 Å². The topological polar surface area (TPSA) is 65.2 Å². The van der Waals surface area contributed by atoms with Gasteiger partial charge in [0.15, 0.2) is 0 Å². The molecule has 0 atom stereocenters. The first-order chi connectivity index (χ1) is 12.2. The van der Waals surface area contributed by atoms with Crippen molar-refractivity contribution in [3.05, 3.63) is 28.2 Å². The van der Waals surface area contributed by atoms with E-state index in [1.54, 1.807) is 13.1 Å². The van der Waals surface area contributed by atoms with E-state index in [2.05, 4.69) is 49.9 Å². The number of tetrazole rings is 1. The maximum atomic E-state index is 12.3. The summed E-state index contributed by atoms with van der Waals surface area (Å²) in [4.78, 5) is 14.6. The van der Waals surface area contributed by atoms with Gasteiger partial charge in [-0.3, -0.25) is 0 Å². The lowest BCUT2D eigenvalue weighted by Gasteiger charge is -2.25. The van der Waals surface area contributed by atoms with Crippen LogP contribution in [0.3, 0.4) is 0 Å².